The Balaban J connectivity index is 2.85. The first kappa shape index (κ1) is 6.53. The van der Waals surface area contributed by atoms with Crippen LogP contribution in [0.2, 0.25) is 0 Å². The summed E-state index contributed by atoms with van der Waals surface area (Å²) in [5, 5.41) is 11.6. The van der Waals surface area contributed by atoms with Crippen molar-refractivity contribution < 1.29 is 9.90 Å². The molecule has 0 saturated heterocycles. The lowest BCUT2D eigenvalue weighted by atomic mass is 10.7. The lowest BCUT2D eigenvalue weighted by molar-refractivity contribution is -0.137. The van der Waals surface area contributed by atoms with Crippen molar-refractivity contribution in [3.8, 4) is 0 Å². The molecule has 0 atom stereocenters. The summed E-state index contributed by atoms with van der Waals surface area (Å²) in [4.78, 5) is 22.7. The van der Waals surface area contributed by atoms with Crippen molar-refractivity contribution in [2.75, 3.05) is 0 Å². The summed E-state index contributed by atoms with van der Waals surface area (Å²) in [6.45, 7) is -0.400. The zero-order valence-corrected chi connectivity index (χ0v) is 4.94. The molecule has 1 heterocycles. The van der Waals surface area contributed by atoms with E-state index in [2.05, 4.69) is 10.1 Å². The van der Waals surface area contributed by atoms with E-state index in [-0.39, 0.29) is 0 Å². The highest BCUT2D eigenvalue weighted by Crippen LogP contribution is 1.71. The van der Waals surface area contributed by atoms with Gasteiger partial charge in [0.25, 0.3) is 0 Å². The number of nitrogens with zero attached hydrogens (tertiary/aromatic N) is 2. The van der Waals surface area contributed by atoms with Crippen molar-refractivity contribution in [1.29, 1.82) is 0 Å². The summed E-state index contributed by atoms with van der Waals surface area (Å²) in [5.74, 6) is -1.09. The van der Waals surface area contributed by atoms with Gasteiger partial charge in [0.15, 0.2) is 0 Å². The maximum absolute atomic E-state index is 10.5. The minimum atomic E-state index is -1.09. The van der Waals surface area contributed by atoms with Crippen LogP contribution in [0.25, 0.3) is 0 Å². The van der Waals surface area contributed by atoms with Crippen LogP contribution in [0.15, 0.2) is 11.1 Å². The standard InChI is InChI=1S/C4H5N3O3/c8-3(9)1-7-4(10)5-2-6-7/h2H,1H2,(H,8,9)(H,5,6,10). The van der Waals surface area contributed by atoms with Crippen molar-refractivity contribution in [3.63, 3.8) is 0 Å². The van der Waals surface area contributed by atoms with Crippen LogP contribution in [0.1, 0.15) is 0 Å². The molecule has 6 heteroatoms. The van der Waals surface area contributed by atoms with Gasteiger partial charge in [-0.1, -0.05) is 0 Å². The number of carboxylic acids is 1. The predicted molar refractivity (Wildman–Crippen MR) is 30.5 cm³/mol. The first-order valence-corrected chi connectivity index (χ1v) is 2.52. The lowest BCUT2D eigenvalue weighted by Crippen LogP contribution is -2.22. The van der Waals surface area contributed by atoms with E-state index in [9.17, 15) is 9.59 Å². The number of aromatic amines is 1. The molecular formula is C4H5N3O3. The number of hydrogen-bond acceptors (Lipinski definition) is 3. The van der Waals surface area contributed by atoms with Gasteiger partial charge in [-0.15, -0.1) is 0 Å². The van der Waals surface area contributed by atoms with Gasteiger partial charge in [0.05, 0.1) is 0 Å². The highest BCUT2D eigenvalue weighted by molar-refractivity contribution is 5.66. The predicted octanol–water partition coefficient (Wildman–Crippen LogP) is -1.34. The topological polar surface area (TPSA) is 88.0 Å². The average molecular weight is 143 g/mol. The molecule has 0 fully saturated rings. The smallest absolute Gasteiger partial charge is 0.343 e. The van der Waals surface area contributed by atoms with Gasteiger partial charge in [-0.25, -0.2) is 9.48 Å². The molecule has 0 spiro atoms. The second-order valence-electron chi connectivity index (χ2n) is 1.65. The Morgan fingerprint density at radius 2 is 2.60 bits per heavy atom. The molecular weight excluding hydrogens is 138 g/mol. The van der Waals surface area contributed by atoms with Gasteiger partial charge in [0.1, 0.15) is 12.9 Å². The number of hydrogen-bond donors (Lipinski definition) is 2. The van der Waals surface area contributed by atoms with E-state index in [1.54, 1.807) is 0 Å². The third-order valence-corrected chi connectivity index (χ3v) is 0.905. The number of aliphatic carboxylic acids is 1. The van der Waals surface area contributed by atoms with Crippen LogP contribution in [-0.2, 0) is 11.3 Å². The summed E-state index contributed by atoms with van der Waals surface area (Å²) in [6, 6.07) is 0. The molecule has 10 heavy (non-hydrogen) atoms. The second-order valence-corrected chi connectivity index (χ2v) is 1.65. The molecule has 0 radical (unpaired) electrons. The highest BCUT2D eigenvalue weighted by atomic mass is 16.4. The first-order valence-electron chi connectivity index (χ1n) is 2.52. The van der Waals surface area contributed by atoms with Crippen molar-refractivity contribution in [1.82, 2.24) is 14.8 Å². The maximum atomic E-state index is 10.5. The maximum Gasteiger partial charge on any atom is 0.343 e. The molecule has 0 aliphatic heterocycles. The minimum Gasteiger partial charge on any atom is -0.480 e. The third-order valence-electron chi connectivity index (χ3n) is 0.905. The Bertz CT molecular complexity index is 286. The number of aromatic nitrogens is 3. The number of nitrogens with one attached hydrogen (secondary N) is 1. The third kappa shape index (κ3) is 1.22. The van der Waals surface area contributed by atoms with Crippen LogP contribution in [0, 0.1) is 0 Å². The molecule has 1 aromatic heterocycles. The van der Waals surface area contributed by atoms with Crippen LogP contribution >= 0.6 is 0 Å². The Hall–Kier alpha value is -1.59. The zero-order chi connectivity index (χ0) is 7.56. The monoisotopic (exact) mass is 143 g/mol. The summed E-state index contributed by atoms with van der Waals surface area (Å²) in [6.07, 6.45) is 1.14. The van der Waals surface area contributed by atoms with E-state index in [4.69, 9.17) is 5.11 Å². The number of rotatable bonds is 2. The fourth-order valence-corrected chi connectivity index (χ4v) is 0.521. The Morgan fingerprint density at radius 1 is 1.90 bits per heavy atom. The second kappa shape index (κ2) is 2.34. The average Bonchev–Trinajstić information content (AvgIpc) is 2.15. The van der Waals surface area contributed by atoms with Gasteiger partial charge in [0, 0.05) is 0 Å². The van der Waals surface area contributed by atoms with Crippen LogP contribution in [0.4, 0.5) is 0 Å². The van der Waals surface area contributed by atoms with Gasteiger partial charge >= 0.3 is 11.7 Å². The minimum absolute atomic E-state index is 0.400. The fraction of sp³-hybridized carbons (Fsp3) is 0.250. The van der Waals surface area contributed by atoms with Gasteiger partial charge in [-0.05, 0) is 0 Å². The fourth-order valence-electron chi connectivity index (χ4n) is 0.521. The van der Waals surface area contributed by atoms with Crippen molar-refractivity contribution in [3.05, 3.63) is 16.8 Å². The van der Waals surface area contributed by atoms with E-state index in [0.717, 1.165) is 11.0 Å². The molecule has 54 valence electrons. The molecule has 0 aromatic carbocycles. The summed E-state index contributed by atoms with van der Waals surface area (Å²) in [7, 11) is 0. The van der Waals surface area contributed by atoms with E-state index in [1.165, 1.54) is 0 Å². The molecule has 6 nitrogen and oxygen atoms in total. The molecule has 0 amide bonds. The number of H-pyrrole nitrogens is 1. The van der Waals surface area contributed by atoms with E-state index < -0.39 is 18.2 Å². The van der Waals surface area contributed by atoms with Crippen molar-refractivity contribution in [2.45, 2.75) is 6.54 Å². The van der Waals surface area contributed by atoms with Crippen LogP contribution in [0.3, 0.4) is 0 Å². The Labute approximate surface area is 55.1 Å². The van der Waals surface area contributed by atoms with E-state index in [1.807, 2.05) is 0 Å². The van der Waals surface area contributed by atoms with E-state index in [0.29, 0.717) is 0 Å². The molecule has 1 aromatic rings. The summed E-state index contributed by atoms with van der Waals surface area (Å²) in [5.41, 5.74) is -0.512. The molecule has 0 unspecified atom stereocenters. The summed E-state index contributed by atoms with van der Waals surface area (Å²) < 4.78 is 0.822. The van der Waals surface area contributed by atoms with Gasteiger partial charge in [-0.3, -0.25) is 9.78 Å². The van der Waals surface area contributed by atoms with Crippen LogP contribution < -0.4 is 5.69 Å². The molecule has 2 N–H and O–H groups in total. The van der Waals surface area contributed by atoms with Crippen LogP contribution in [-0.4, -0.2) is 25.8 Å². The zero-order valence-electron chi connectivity index (χ0n) is 4.94. The molecule has 0 aliphatic rings. The molecule has 0 aliphatic carbocycles. The quantitative estimate of drug-likeness (QED) is 0.536. The van der Waals surface area contributed by atoms with Gasteiger partial charge < -0.3 is 5.11 Å². The van der Waals surface area contributed by atoms with Crippen LogP contribution in [0.5, 0.6) is 0 Å². The normalized spacial score (nSPS) is 9.60. The highest BCUT2D eigenvalue weighted by Gasteiger charge is 2.01. The van der Waals surface area contributed by atoms with Crippen molar-refractivity contribution in [2.24, 2.45) is 0 Å². The SMILES string of the molecule is O=C(O)Cn1nc[nH]c1=O. The van der Waals surface area contributed by atoms with Gasteiger partial charge in [0.2, 0.25) is 0 Å². The first-order chi connectivity index (χ1) is 4.70. The summed E-state index contributed by atoms with van der Waals surface area (Å²) >= 11 is 0. The van der Waals surface area contributed by atoms with Gasteiger partial charge in [-0.2, -0.15) is 5.10 Å². The van der Waals surface area contributed by atoms with E-state index >= 15 is 0 Å². The Kier molecular flexibility index (Phi) is 1.53. The lowest BCUT2D eigenvalue weighted by Gasteiger charge is -1.89. The molecule has 0 saturated carbocycles. The molecule has 1 rings (SSSR count). The molecule has 0 bridgehead atoms. The Morgan fingerprint density at radius 3 is 3.00 bits per heavy atom. The number of carboxylic acid groups (broad SMARTS) is 1. The largest absolute Gasteiger partial charge is 0.480 e. The van der Waals surface area contributed by atoms with Crippen molar-refractivity contribution >= 4 is 5.97 Å². The number of carbonyl (C=O) groups is 1.